The first-order valence-corrected chi connectivity index (χ1v) is 6.81. The highest BCUT2D eigenvalue weighted by Gasteiger charge is 2.36. The van der Waals surface area contributed by atoms with Gasteiger partial charge in [0.1, 0.15) is 5.82 Å². The van der Waals surface area contributed by atoms with Crippen LogP contribution in [0.2, 0.25) is 0 Å². The topological polar surface area (TPSA) is 12.0 Å². The van der Waals surface area contributed by atoms with E-state index in [1.165, 1.54) is 23.5 Å². The highest BCUT2D eigenvalue weighted by Crippen LogP contribution is 2.36. The molecule has 2 aromatic rings. The SMILES string of the molecule is CNC(c1cccc(C(F)(F)F)c1F)c1sccc1C. The second-order valence-electron chi connectivity index (χ2n) is 4.40. The first-order chi connectivity index (χ1) is 9.36. The lowest BCUT2D eigenvalue weighted by atomic mass is 9.99. The molecule has 0 spiro atoms. The molecular weight excluding hydrogens is 290 g/mol. The van der Waals surface area contributed by atoms with Gasteiger partial charge in [-0.25, -0.2) is 4.39 Å². The van der Waals surface area contributed by atoms with Crippen LogP contribution >= 0.6 is 11.3 Å². The number of halogens is 4. The lowest BCUT2D eigenvalue weighted by Crippen LogP contribution is -2.20. The van der Waals surface area contributed by atoms with Crippen LogP contribution in [-0.4, -0.2) is 7.05 Å². The molecule has 0 amide bonds. The van der Waals surface area contributed by atoms with Crippen LogP contribution in [0.3, 0.4) is 0 Å². The summed E-state index contributed by atoms with van der Waals surface area (Å²) in [5, 5.41) is 4.72. The molecule has 108 valence electrons. The van der Waals surface area contributed by atoms with Gasteiger partial charge in [-0.1, -0.05) is 12.1 Å². The summed E-state index contributed by atoms with van der Waals surface area (Å²) in [6.45, 7) is 1.85. The quantitative estimate of drug-likeness (QED) is 0.822. The van der Waals surface area contributed by atoms with Gasteiger partial charge in [-0.15, -0.1) is 11.3 Å². The summed E-state index contributed by atoms with van der Waals surface area (Å²) in [5.41, 5.74) is -0.302. The second kappa shape index (κ2) is 5.54. The fourth-order valence-corrected chi connectivity index (χ4v) is 3.15. The zero-order chi connectivity index (χ0) is 14.9. The average molecular weight is 303 g/mol. The molecule has 6 heteroatoms. The molecule has 0 saturated carbocycles. The Morgan fingerprint density at radius 1 is 1.20 bits per heavy atom. The number of nitrogens with one attached hydrogen (secondary N) is 1. The van der Waals surface area contributed by atoms with Crippen molar-refractivity contribution in [2.24, 2.45) is 0 Å². The van der Waals surface area contributed by atoms with E-state index in [-0.39, 0.29) is 5.56 Å². The molecule has 2 rings (SSSR count). The number of benzene rings is 1. The van der Waals surface area contributed by atoms with Crippen molar-refractivity contribution in [1.29, 1.82) is 0 Å². The Kier molecular flexibility index (Phi) is 4.15. The molecule has 0 radical (unpaired) electrons. The Labute approximate surface area is 118 Å². The minimum atomic E-state index is -4.69. The van der Waals surface area contributed by atoms with E-state index < -0.39 is 23.6 Å². The van der Waals surface area contributed by atoms with E-state index in [1.54, 1.807) is 7.05 Å². The molecule has 1 aromatic carbocycles. The Morgan fingerprint density at radius 2 is 1.90 bits per heavy atom. The molecule has 1 atom stereocenters. The van der Waals surface area contributed by atoms with Gasteiger partial charge >= 0.3 is 6.18 Å². The molecule has 0 aliphatic heterocycles. The van der Waals surface area contributed by atoms with Crippen LogP contribution in [0.1, 0.15) is 27.6 Å². The average Bonchev–Trinajstić information content (AvgIpc) is 2.77. The number of hydrogen-bond donors (Lipinski definition) is 1. The number of rotatable bonds is 3. The van der Waals surface area contributed by atoms with Crippen molar-refractivity contribution >= 4 is 11.3 Å². The fourth-order valence-electron chi connectivity index (χ4n) is 2.10. The van der Waals surface area contributed by atoms with Gasteiger partial charge in [0, 0.05) is 10.4 Å². The third kappa shape index (κ3) is 2.71. The first kappa shape index (κ1) is 15.0. The highest BCUT2D eigenvalue weighted by molar-refractivity contribution is 7.10. The van der Waals surface area contributed by atoms with Crippen LogP contribution in [0, 0.1) is 12.7 Å². The standard InChI is InChI=1S/C14H13F4NS/c1-8-6-7-20-13(8)12(19-2)9-4-3-5-10(11(9)15)14(16,17)18/h3-7,12,19H,1-2H3. The van der Waals surface area contributed by atoms with Crippen LogP contribution in [0.15, 0.2) is 29.6 Å². The molecule has 1 aromatic heterocycles. The van der Waals surface area contributed by atoms with Crippen LogP contribution < -0.4 is 5.32 Å². The predicted octanol–water partition coefficient (Wildman–Crippen LogP) is 4.52. The molecule has 0 aliphatic carbocycles. The van der Waals surface area contributed by atoms with Gasteiger partial charge < -0.3 is 5.32 Å². The summed E-state index contributed by atoms with van der Waals surface area (Å²) in [6, 6.07) is 4.64. The molecule has 1 heterocycles. The predicted molar refractivity (Wildman–Crippen MR) is 71.4 cm³/mol. The van der Waals surface area contributed by atoms with E-state index >= 15 is 0 Å². The summed E-state index contributed by atoms with van der Waals surface area (Å²) < 4.78 is 52.5. The van der Waals surface area contributed by atoms with Crippen LogP contribution in [-0.2, 0) is 6.18 Å². The monoisotopic (exact) mass is 303 g/mol. The fraction of sp³-hybridized carbons (Fsp3) is 0.286. The molecular formula is C14H13F4NS. The maximum Gasteiger partial charge on any atom is 0.419 e. The normalized spacial score (nSPS) is 13.5. The maximum absolute atomic E-state index is 14.2. The van der Waals surface area contributed by atoms with Crippen LogP contribution in [0.4, 0.5) is 17.6 Å². The third-order valence-electron chi connectivity index (χ3n) is 3.10. The van der Waals surface area contributed by atoms with Gasteiger partial charge in [-0.05, 0) is 37.0 Å². The van der Waals surface area contributed by atoms with Gasteiger partial charge in [0.15, 0.2) is 0 Å². The summed E-state index contributed by atoms with van der Waals surface area (Å²) in [5.74, 6) is -1.22. The maximum atomic E-state index is 14.2. The van der Waals surface area contributed by atoms with E-state index in [9.17, 15) is 17.6 Å². The van der Waals surface area contributed by atoms with Crippen molar-refractivity contribution in [3.05, 3.63) is 57.0 Å². The van der Waals surface area contributed by atoms with Crippen molar-refractivity contribution in [1.82, 2.24) is 5.32 Å². The molecule has 0 fully saturated rings. The minimum Gasteiger partial charge on any atom is -0.309 e. The summed E-state index contributed by atoms with van der Waals surface area (Å²) in [7, 11) is 1.60. The molecule has 1 N–H and O–H groups in total. The number of hydrogen-bond acceptors (Lipinski definition) is 2. The zero-order valence-electron chi connectivity index (χ0n) is 10.9. The Morgan fingerprint density at radius 3 is 2.40 bits per heavy atom. The minimum absolute atomic E-state index is 0.00729. The molecule has 1 unspecified atom stereocenters. The van der Waals surface area contributed by atoms with Crippen molar-refractivity contribution in [3.8, 4) is 0 Å². The first-order valence-electron chi connectivity index (χ1n) is 5.93. The highest BCUT2D eigenvalue weighted by atomic mass is 32.1. The van der Waals surface area contributed by atoms with Gasteiger partial charge in [0.05, 0.1) is 11.6 Å². The Bertz CT molecular complexity index is 603. The van der Waals surface area contributed by atoms with Crippen LogP contribution in [0.25, 0.3) is 0 Å². The smallest absolute Gasteiger partial charge is 0.309 e. The van der Waals surface area contributed by atoms with E-state index in [0.717, 1.165) is 16.5 Å². The van der Waals surface area contributed by atoms with E-state index in [4.69, 9.17) is 0 Å². The molecule has 20 heavy (non-hydrogen) atoms. The molecule has 0 bridgehead atoms. The Hall–Kier alpha value is -1.40. The van der Waals surface area contributed by atoms with Crippen molar-refractivity contribution < 1.29 is 17.6 Å². The van der Waals surface area contributed by atoms with E-state index in [1.807, 2.05) is 18.4 Å². The number of alkyl halides is 3. The lowest BCUT2D eigenvalue weighted by molar-refractivity contribution is -0.140. The van der Waals surface area contributed by atoms with Gasteiger partial charge in [0.2, 0.25) is 0 Å². The molecule has 0 aliphatic rings. The van der Waals surface area contributed by atoms with Gasteiger partial charge in [-0.3, -0.25) is 0 Å². The summed E-state index contributed by atoms with van der Waals surface area (Å²) >= 11 is 1.39. The zero-order valence-corrected chi connectivity index (χ0v) is 11.7. The number of aryl methyl sites for hydroxylation is 1. The van der Waals surface area contributed by atoms with E-state index in [2.05, 4.69) is 5.32 Å². The van der Waals surface area contributed by atoms with Gasteiger partial charge in [-0.2, -0.15) is 13.2 Å². The van der Waals surface area contributed by atoms with Crippen molar-refractivity contribution in [2.75, 3.05) is 7.05 Å². The second-order valence-corrected chi connectivity index (χ2v) is 5.34. The lowest BCUT2D eigenvalue weighted by Gasteiger charge is -2.19. The van der Waals surface area contributed by atoms with Gasteiger partial charge in [0.25, 0.3) is 0 Å². The third-order valence-corrected chi connectivity index (χ3v) is 4.18. The largest absolute Gasteiger partial charge is 0.419 e. The molecule has 1 nitrogen and oxygen atoms in total. The van der Waals surface area contributed by atoms with Crippen molar-refractivity contribution in [2.45, 2.75) is 19.1 Å². The summed E-state index contributed by atoms with van der Waals surface area (Å²) in [6.07, 6.45) is -4.69. The van der Waals surface area contributed by atoms with Crippen LogP contribution in [0.5, 0.6) is 0 Å². The summed E-state index contributed by atoms with van der Waals surface area (Å²) in [4.78, 5) is 0.811. The Balaban J connectivity index is 2.54. The molecule has 0 saturated heterocycles. The van der Waals surface area contributed by atoms with Crippen molar-refractivity contribution in [3.63, 3.8) is 0 Å². The number of thiophene rings is 1. The van der Waals surface area contributed by atoms with E-state index in [0.29, 0.717) is 0 Å².